The number of nitrogens with one attached hydrogen (secondary N) is 2. The van der Waals surface area contributed by atoms with Crippen LogP contribution < -0.4 is 10.6 Å². The van der Waals surface area contributed by atoms with Gasteiger partial charge in [0.15, 0.2) is 19.7 Å². The lowest BCUT2D eigenvalue weighted by Crippen LogP contribution is -2.43. The van der Waals surface area contributed by atoms with E-state index >= 15 is 0 Å². The fourth-order valence-corrected chi connectivity index (χ4v) is 7.46. The average Bonchev–Trinajstić information content (AvgIpc) is 2.81. The van der Waals surface area contributed by atoms with Crippen LogP contribution in [0.4, 0.5) is 5.69 Å². The van der Waals surface area contributed by atoms with E-state index in [-0.39, 0.29) is 22.3 Å². The molecule has 0 spiro atoms. The smallest absolute Gasteiger partial charge is 0.221 e. The van der Waals surface area contributed by atoms with Crippen molar-refractivity contribution in [3.63, 3.8) is 0 Å². The van der Waals surface area contributed by atoms with Crippen molar-refractivity contribution in [1.82, 2.24) is 5.32 Å². The van der Waals surface area contributed by atoms with Gasteiger partial charge in [0.1, 0.15) is 0 Å². The van der Waals surface area contributed by atoms with Gasteiger partial charge in [0.25, 0.3) is 0 Å². The van der Waals surface area contributed by atoms with E-state index in [0.717, 1.165) is 6.42 Å². The molecule has 2 N–H and O–H groups in total. The van der Waals surface area contributed by atoms with Gasteiger partial charge >= 0.3 is 0 Å². The molecule has 1 saturated heterocycles. The second-order valence-electron chi connectivity index (χ2n) is 5.93. The summed E-state index contributed by atoms with van der Waals surface area (Å²) in [5.41, 5.74) is 0.487. The van der Waals surface area contributed by atoms with E-state index in [1.54, 1.807) is 0 Å². The molecule has 0 aliphatic carbocycles. The molecule has 1 aromatic carbocycles. The lowest BCUT2D eigenvalue weighted by atomic mass is 10.2. The summed E-state index contributed by atoms with van der Waals surface area (Å²) in [6.45, 7) is 3.85. The third-order valence-electron chi connectivity index (χ3n) is 3.86. The first-order valence-electron chi connectivity index (χ1n) is 7.71. The fourth-order valence-electron chi connectivity index (χ4n) is 2.75. The number of hydrogen-bond donors (Lipinski definition) is 2. The van der Waals surface area contributed by atoms with E-state index in [2.05, 4.69) is 10.6 Å². The Balaban J connectivity index is 2.28. The normalized spacial score (nSPS) is 23.1. The Morgan fingerprint density at radius 1 is 1.21 bits per heavy atom. The third-order valence-corrected chi connectivity index (χ3v) is 8.03. The van der Waals surface area contributed by atoms with E-state index in [1.807, 2.05) is 6.92 Å². The maximum atomic E-state index is 12.8. The van der Waals surface area contributed by atoms with Crippen molar-refractivity contribution in [3.8, 4) is 0 Å². The van der Waals surface area contributed by atoms with Gasteiger partial charge in [-0.15, -0.1) is 0 Å². The number of carbonyl (C=O) groups is 1. The van der Waals surface area contributed by atoms with Crippen LogP contribution in [-0.4, -0.2) is 52.1 Å². The van der Waals surface area contributed by atoms with Crippen LogP contribution in [0.2, 0.25) is 0 Å². The van der Waals surface area contributed by atoms with Gasteiger partial charge in [0, 0.05) is 18.7 Å². The fraction of sp³-hybridized carbons (Fsp3) is 0.533. The van der Waals surface area contributed by atoms with Crippen molar-refractivity contribution in [2.24, 2.45) is 0 Å². The van der Waals surface area contributed by atoms with Gasteiger partial charge in [0.05, 0.1) is 21.7 Å². The van der Waals surface area contributed by atoms with Crippen LogP contribution in [0.1, 0.15) is 20.3 Å². The molecule has 1 aromatic rings. The molecular formula is C15H22N2O5S2. The summed E-state index contributed by atoms with van der Waals surface area (Å²) in [7, 11) is -7.18. The van der Waals surface area contributed by atoms with Gasteiger partial charge in [-0.3, -0.25) is 4.79 Å². The number of anilines is 1. The number of benzene rings is 1. The summed E-state index contributed by atoms with van der Waals surface area (Å²) < 4.78 is 49.5. The van der Waals surface area contributed by atoms with Gasteiger partial charge in [-0.05, 0) is 37.2 Å². The lowest BCUT2D eigenvalue weighted by molar-refractivity contribution is -0.114. The molecule has 1 aliphatic heterocycles. The second-order valence-corrected chi connectivity index (χ2v) is 10.2. The zero-order chi connectivity index (χ0) is 18.0. The Bertz CT molecular complexity index is 801. The molecule has 134 valence electrons. The molecule has 0 unspecified atom stereocenters. The quantitative estimate of drug-likeness (QED) is 0.754. The molecular weight excluding hydrogens is 352 g/mol. The highest BCUT2D eigenvalue weighted by Crippen LogP contribution is 2.26. The number of sulfone groups is 2. The largest absolute Gasteiger partial charge is 0.326 e. The summed E-state index contributed by atoms with van der Waals surface area (Å²) in [5, 5.41) is 4.60. The lowest BCUT2D eigenvalue weighted by Gasteiger charge is -2.19. The van der Waals surface area contributed by atoms with Crippen LogP contribution in [0.25, 0.3) is 0 Å². The Morgan fingerprint density at radius 3 is 2.38 bits per heavy atom. The zero-order valence-electron chi connectivity index (χ0n) is 13.7. The average molecular weight is 374 g/mol. The first-order chi connectivity index (χ1) is 11.2. The maximum Gasteiger partial charge on any atom is 0.221 e. The standard InChI is InChI=1S/C15H22N2O5S2/c1-3-8-16-14-9-23(19,20)10-15(14)24(21,22)13-6-4-12(5-7-13)17-11(2)18/h4-7,14-16H,3,8-10H2,1-2H3,(H,17,18)/t14-,15-/m0/s1. The van der Waals surface area contributed by atoms with Crippen molar-refractivity contribution in [1.29, 1.82) is 0 Å². The minimum Gasteiger partial charge on any atom is -0.326 e. The summed E-state index contributed by atoms with van der Waals surface area (Å²) in [6, 6.07) is 5.17. The Kier molecular flexibility index (Phi) is 5.67. The van der Waals surface area contributed by atoms with Crippen molar-refractivity contribution >= 4 is 31.3 Å². The van der Waals surface area contributed by atoms with E-state index in [9.17, 15) is 21.6 Å². The zero-order valence-corrected chi connectivity index (χ0v) is 15.3. The topological polar surface area (TPSA) is 109 Å². The molecule has 1 aliphatic rings. The van der Waals surface area contributed by atoms with Crippen LogP contribution in [0.15, 0.2) is 29.2 Å². The molecule has 1 heterocycles. The molecule has 1 fully saturated rings. The molecule has 0 bridgehead atoms. The first-order valence-corrected chi connectivity index (χ1v) is 11.1. The van der Waals surface area contributed by atoms with Crippen LogP contribution in [-0.2, 0) is 24.5 Å². The predicted molar refractivity (Wildman–Crippen MR) is 92.5 cm³/mol. The Labute approximate surface area is 142 Å². The van der Waals surface area contributed by atoms with Crippen molar-refractivity contribution in [2.45, 2.75) is 36.5 Å². The molecule has 9 heteroatoms. The molecule has 7 nitrogen and oxygen atoms in total. The molecule has 2 rings (SSSR count). The molecule has 0 saturated carbocycles. The summed E-state index contributed by atoms with van der Waals surface area (Å²) >= 11 is 0. The number of hydrogen-bond acceptors (Lipinski definition) is 6. The summed E-state index contributed by atoms with van der Waals surface area (Å²) in [5.74, 6) is -0.790. The highest BCUT2D eigenvalue weighted by molar-refractivity contribution is 7.96. The van der Waals surface area contributed by atoms with Crippen LogP contribution in [0, 0.1) is 0 Å². The van der Waals surface area contributed by atoms with E-state index < -0.39 is 31.0 Å². The monoisotopic (exact) mass is 374 g/mol. The Morgan fingerprint density at radius 2 is 1.83 bits per heavy atom. The van der Waals surface area contributed by atoms with E-state index in [4.69, 9.17) is 0 Å². The van der Waals surface area contributed by atoms with Crippen LogP contribution in [0.3, 0.4) is 0 Å². The van der Waals surface area contributed by atoms with E-state index in [0.29, 0.717) is 12.2 Å². The summed E-state index contributed by atoms with van der Waals surface area (Å²) in [6.07, 6.45) is 0.786. The van der Waals surface area contributed by atoms with Crippen molar-refractivity contribution in [2.75, 3.05) is 23.4 Å². The molecule has 2 atom stereocenters. The van der Waals surface area contributed by atoms with Crippen molar-refractivity contribution < 1.29 is 21.6 Å². The minimum atomic E-state index is -3.79. The third kappa shape index (κ3) is 4.34. The highest BCUT2D eigenvalue weighted by Gasteiger charge is 2.45. The van der Waals surface area contributed by atoms with Gasteiger partial charge in [0.2, 0.25) is 5.91 Å². The van der Waals surface area contributed by atoms with E-state index in [1.165, 1.54) is 31.2 Å². The maximum absolute atomic E-state index is 12.8. The molecule has 24 heavy (non-hydrogen) atoms. The highest BCUT2D eigenvalue weighted by atomic mass is 32.2. The van der Waals surface area contributed by atoms with Crippen molar-refractivity contribution in [3.05, 3.63) is 24.3 Å². The first kappa shape index (κ1) is 18.9. The SMILES string of the molecule is CCCN[C@H]1CS(=O)(=O)C[C@@H]1S(=O)(=O)c1ccc(NC(C)=O)cc1. The van der Waals surface area contributed by atoms with Gasteiger partial charge in [-0.2, -0.15) is 0 Å². The molecule has 0 aromatic heterocycles. The number of amides is 1. The number of carbonyl (C=O) groups excluding carboxylic acids is 1. The second kappa shape index (κ2) is 7.20. The van der Waals surface area contributed by atoms with Gasteiger partial charge in [-0.1, -0.05) is 6.92 Å². The van der Waals surface area contributed by atoms with Crippen LogP contribution >= 0.6 is 0 Å². The predicted octanol–water partition coefficient (Wildman–Crippen LogP) is 0.584. The van der Waals surface area contributed by atoms with Gasteiger partial charge < -0.3 is 10.6 Å². The molecule has 0 radical (unpaired) electrons. The minimum absolute atomic E-state index is 0.0574. The number of rotatable bonds is 6. The molecule has 1 amide bonds. The summed E-state index contributed by atoms with van der Waals surface area (Å²) in [4.78, 5) is 11.1. The van der Waals surface area contributed by atoms with Gasteiger partial charge in [-0.25, -0.2) is 16.8 Å². The Hall–Kier alpha value is -1.45. The van der Waals surface area contributed by atoms with Crippen LogP contribution in [0.5, 0.6) is 0 Å².